The Morgan fingerprint density at radius 3 is 2.22 bits per heavy atom. The molecule has 0 saturated carbocycles. The van der Waals surface area contributed by atoms with Gasteiger partial charge in [-0.3, -0.25) is 9.59 Å². The molecule has 0 unspecified atom stereocenters. The van der Waals surface area contributed by atoms with Crippen LogP contribution in [-0.2, 0) is 16.0 Å². The molecule has 98 valence electrons. The summed E-state index contributed by atoms with van der Waals surface area (Å²) in [5, 5.41) is 9.53. The smallest absolute Gasteiger partial charge is 0.310 e. The van der Waals surface area contributed by atoms with Crippen LogP contribution in [0.25, 0.3) is 0 Å². The number of esters is 1. The summed E-state index contributed by atoms with van der Waals surface area (Å²) in [5.74, 6) is -0.0857. The lowest BCUT2D eigenvalue weighted by Crippen LogP contribution is -2.32. The lowest BCUT2D eigenvalue weighted by Gasteiger charge is -2.15. The molecular formula is C14H18O4. The van der Waals surface area contributed by atoms with E-state index in [1.54, 1.807) is 31.2 Å². The van der Waals surface area contributed by atoms with Gasteiger partial charge >= 0.3 is 5.97 Å². The zero-order valence-corrected chi connectivity index (χ0v) is 10.9. The van der Waals surface area contributed by atoms with E-state index in [0.717, 1.165) is 5.56 Å². The summed E-state index contributed by atoms with van der Waals surface area (Å²) in [4.78, 5) is 22.7. The molecule has 0 atom stereocenters. The number of carbonyl (C=O) groups excluding carboxylic acids is 2. The standard InChI is InChI=1S/C14H18O4/c1-4-13(16)18-11-7-5-10(6-8-11)9-12(15)14(2,3)17/h5-8,17H,4,9H2,1-3H3. The lowest BCUT2D eigenvalue weighted by molar-refractivity contribution is -0.134. The molecule has 0 bridgehead atoms. The fourth-order valence-electron chi connectivity index (χ4n) is 1.28. The average molecular weight is 250 g/mol. The van der Waals surface area contributed by atoms with Crippen molar-refractivity contribution in [2.75, 3.05) is 0 Å². The summed E-state index contributed by atoms with van der Waals surface area (Å²) < 4.78 is 5.02. The largest absolute Gasteiger partial charge is 0.427 e. The topological polar surface area (TPSA) is 63.6 Å². The summed E-state index contributed by atoms with van der Waals surface area (Å²) in [6.07, 6.45) is 0.477. The number of ether oxygens (including phenoxy) is 1. The van der Waals surface area contributed by atoms with Gasteiger partial charge in [-0.2, -0.15) is 0 Å². The predicted molar refractivity (Wildman–Crippen MR) is 67.4 cm³/mol. The molecule has 0 amide bonds. The third-order valence-electron chi connectivity index (χ3n) is 2.49. The van der Waals surface area contributed by atoms with E-state index in [-0.39, 0.29) is 18.2 Å². The molecule has 0 aromatic heterocycles. The van der Waals surface area contributed by atoms with E-state index in [1.807, 2.05) is 0 Å². The van der Waals surface area contributed by atoms with Crippen LogP contribution in [-0.4, -0.2) is 22.5 Å². The molecule has 4 heteroatoms. The Labute approximate surface area is 107 Å². The fourth-order valence-corrected chi connectivity index (χ4v) is 1.28. The van der Waals surface area contributed by atoms with E-state index in [4.69, 9.17) is 4.74 Å². The number of hydrogen-bond acceptors (Lipinski definition) is 4. The van der Waals surface area contributed by atoms with Gasteiger partial charge in [0.1, 0.15) is 11.4 Å². The average Bonchev–Trinajstić information content (AvgIpc) is 2.30. The molecule has 0 aliphatic rings. The van der Waals surface area contributed by atoms with Gasteiger partial charge in [0.25, 0.3) is 0 Å². The van der Waals surface area contributed by atoms with E-state index in [9.17, 15) is 14.7 Å². The number of carbonyl (C=O) groups is 2. The number of ketones is 1. The number of rotatable bonds is 5. The molecule has 0 aliphatic carbocycles. The molecular weight excluding hydrogens is 232 g/mol. The minimum absolute atomic E-state index is 0.158. The SMILES string of the molecule is CCC(=O)Oc1ccc(CC(=O)C(C)(C)O)cc1. The minimum Gasteiger partial charge on any atom is -0.427 e. The molecule has 18 heavy (non-hydrogen) atoms. The van der Waals surface area contributed by atoms with Gasteiger partial charge < -0.3 is 9.84 Å². The second kappa shape index (κ2) is 5.78. The van der Waals surface area contributed by atoms with Crippen molar-refractivity contribution in [1.82, 2.24) is 0 Å². The lowest BCUT2D eigenvalue weighted by atomic mass is 9.97. The predicted octanol–water partition coefficient (Wildman–Crippen LogP) is 1.88. The van der Waals surface area contributed by atoms with Crippen molar-refractivity contribution in [3.63, 3.8) is 0 Å². The first kappa shape index (κ1) is 14.4. The highest BCUT2D eigenvalue weighted by atomic mass is 16.5. The van der Waals surface area contributed by atoms with Crippen LogP contribution in [0.1, 0.15) is 32.8 Å². The normalized spacial score (nSPS) is 11.1. The van der Waals surface area contributed by atoms with Crippen LogP contribution < -0.4 is 4.74 Å². The molecule has 0 saturated heterocycles. The van der Waals surface area contributed by atoms with Crippen molar-refractivity contribution in [3.8, 4) is 5.75 Å². The molecule has 0 aliphatic heterocycles. The second-order valence-corrected chi connectivity index (χ2v) is 4.63. The van der Waals surface area contributed by atoms with Gasteiger partial charge in [-0.25, -0.2) is 0 Å². The van der Waals surface area contributed by atoms with E-state index < -0.39 is 5.60 Å². The fraction of sp³-hybridized carbons (Fsp3) is 0.429. The van der Waals surface area contributed by atoms with Crippen LogP contribution in [0.5, 0.6) is 5.75 Å². The van der Waals surface area contributed by atoms with E-state index in [0.29, 0.717) is 12.2 Å². The molecule has 1 N–H and O–H groups in total. The molecule has 1 aromatic carbocycles. The quantitative estimate of drug-likeness (QED) is 0.640. The monoisotopic (exact) mass is 250 g/mol. The third-order valence-corrected chi connectivity index (χ3v) is 2.49. The molecule has 0 fully saturated rings. The van der Waals surface area contributed by atoms with E-state index >= 15 is 0 Å². The van der Waals surface area contributed by atoms with Gasteiger partial charge in [0.15, 0.2) is 5.78 Å². The maximum absolute atomic E-state index is 11.6. The highest BCUT2D eigenvalue weighted by Gasteiger charge is 2.23. The number of hydrogen-bond donors (Lipinski definition) is 1. The Kier molecular flexibility index (Phi) is 4.62. The van der Waals surface area contributed by atoms with Crippen molar-refractivity contribution in [3.05, 3.63) is 29.8 Å². The molecule has 1 aromatic rings. The van der Waals surface area contributed by atoms with Crippen molar-refractivity contribution < 1.29 is 19.4 Å². The second-order valence-electron chi connectivity index (χ2n) is 4.63. The number of Topliss-reactive ketones (excluding diaryl/α,β-unsaturated/α-hetero) is 1. The summed E-state index contributed by atoms with van der Waals surface area (Å²) in [6.45, 7) is 4.65. The maximum atomic E-state index is 11.6. The van der Waals surface area contributed by atoms with Crippen molar-refractivity contribution in [1.29, 1.82) is 0 Å². The molecule has 0 radical (unpaired) electrons. The minimum atomic E-state index is -1.33. The Balaban J connectivity index is 2.66. The first-order valence-corrected chi connectivity index (χ1v) is 5.88. The van der Waals surface area contributed by atoms with Crippen LogP contribution in [0.4, 0.5) is 0 Å². The van der Waals surface area contributed by atoms with E-state index in [2.05, 4.69) is 0 Å². The van der Waals surface area contributed by atoms with Gasteiger partial charge in [-0.05, 0) is 31.5 Å². The Hall–Kier alpha value is -1.68. The summed E-state index contributed by atoms with van der Waals surface area (Å²) in [5.41, 5.74) is -0.550. The highest BCUT2D eigenvalue weighted by molar-refractivity contribution is 5.88. The Bertz CT molecular complexity index is 426. The van der Waals surface area contributed by atoms with Gasteiger partial charge in [0.2, 0.25) is 0 Å². The third kappa shape index (κ3) is 4.30. The maximum Gasteiger partial charge on any atom is 0.310 e. The molecule has 0 spiro atoms. The van der Waals surface area contributed by atoms with Crippen molar-refractivity contribution in [2.24, 2.45) is 0 Å². The van der Waals surface area contributed by atoms with Gasteiger partial charge in [-0.1, -0.05) is 19.1 Å². The number of benzene rings is 1. The first-order valence-electron chi connectivity index (χ1n) is 5.88. The molecule has 1 rings (SSSR count). The summed E-state index contributed by atoms with van der Waals surface area (Å²) in [6, 6.07) is 6.70. The molecule has 4 nitrogen and oxygen atoms in total. The van der Waals surface area contributed by atoms with Crippen LogP contribution in [0, 0.1) is 0 Å². The van der Waals surface area contributed by atoms with Gasteiger partial charge in [-0.15, -0.1) is 0 Å². The molecule has 0 heterocycles. The summed E-state index contributed by atoms with van der Waals surface area (Å²) >= 11 is 0. The number of aliphatic hydroxyl groups is 1. The van der Waals surface area contributed by atoms with Crippen LogP contribution in [0.2, 0.25) is 0 Å². The van der Waals surface area contributed by atoms with Crippen LogP contribution >= 0.6 is 0 Å². The van der Waals surface area contributed by atoms with Crippen LogP contribution in [0.3, 0.4) is 0 Å². The zero-order chi connectivity index (χ0) is 13.8. The zero-order valence-electron chi connectivity index (χ0n) is 10.9. The first-order chi connectivity index (χ1) is 8.32. The van der Waals surface area contributed by atoms with Crippen LogP contribution in [0.15, 0.2) is 24.3 Å². The Morgan fingerprint density at radius 1 is 1.22 bits per heavy atom. The van der Waals surface area contributed by atoms with Crippen molar-refractivity contribution >= 4 is 11.8 Å². The summed E-state index contributed by atoms with van der Waals surface area (Å²) in [7, 11) is 0. The highest BCUT2D eigenvalue weighted by Crippen LogP contribution is 2.15. The van der Waals surface area contributed by atoms with Crippen molar-refractivity contribution in [2.45, 2.75) is 39.2 Å². The van der Waals surface area contributed by atoms with E-state index in [1.165, 1.54) is 13.8 Å². The van der Waals surface area contributed by atoms with Gasteiger partial charge in [0.05, 0.1) is 0 Å². The Morgan fingerprint density at radius 2 is 1.78 bits per heavy atom. The van der Waals surface area contributed by atoms with Gasteiger partial charge in [0, 0.05) is 12.8 Å².